The number of amides is 2. The Morgan fingerprint density at radius 1 is 0.696 bits per heavy atom. The van der Waals surface area contributed by atoms with Gasteiger partial charge in [-0.2, -0.15) is 0 Å². The van der Waals surface area contributed by atoms with Crippen LogP contribution in [0.2, 0.25) is 0 Å². The Morgan fingerprint density at radius 2 is 1.09 bits per heavy atom. The number of imide groups is 1. The molecular formula is C15H27NO7. The van der Waals surface area contributed by atoms with Crippen LogP contribution in [0, 0.1) is 0 Å². The molecule has 0 aromatic rings. The molecular weight excluding hydrogens is 306 g/mol. The van der Waals surface area contributed by atoms with E-state index in [0.29, 0.717) is 78.8 Å². The first-order valence-corrected chi connectivity index (χ1v) is 7.89. The van der Waals surface area contributed by atoms with Crippen molar-refractivity contribution in [2.45, 2.75) is 12.8 Å². The van der Waals surface area contributed by atoms with Crippen molar-refractivity contribution in [3.05, 3.63) is 0 Å². The van der Waals surface area contributed by atoms with Crippen LogP contribution in [0.4, 0.5) is 0 Å². The van der Waals surface area contributed by atoms with E-state index in [1.165, 1.54) is 4.90 Å². The average Bonchev–Trinajstić information content (AvgIpc) is 2.86. The molecule has 1 saturated heterocycles. The molecule has 0 N–H and O–H groups in total. The van der Waals surface area contributed by atoms with Gasteiger partial charge in [0, 0.05) is 20.0 Å². The highest BCUT2D eigenvalue weighted by Crippen LogP contribution is 2.10. The summed E-state index contributed by atoms with van der Waals surface area (Å²) in [5.74, 6) is -0.226. The maximum Gasteiger partial charge on any atom is 0.229 e. The van der Waals surface area contributed by atoms with Crippen molar-refractivity contribution in [1.29, 1.82) is 0 Å². The fourth-order valence-electron chi connectivity index (χ4n) is 1.93. The van der Waals surface area contributed by atoms with E-state index < -0.39 is 0 Å². The number of nitrogens with zero attached hydrogens (tertiary/aromatic N) is 1. The monoisotopic (exact) mass is 333 g/mol. The van der Waals surface area contributed by atoms with Crippen molar-refractivity contribution < 1.29 is 33.3 Å². The van der Waals surface area contributed by atoms with Crippen LogP contribution in [0.1, 0.15) is 12.8 Å². The van der Waals surface area contributed by atoms with Crippen LogP contribution in [-0.4, -0.2) is 89.8 Å². The Hall–Kier alpha value is -1.06. The van der Waals surface area contributed by atoms with Crippen molar-refractivity contribution >= 4 is 11.8 Å². The first kappa shape index (κ1) is 20.0. The van der Waals surface area contributed by atoms with E-state index in [1.54, 1.807) is 7.11 Å². The molecule has 0 bridgehead atoms. The Bertz CT molecular complexity index is 322. The van der Waals surface area contributed by atoms with Crippen LogP contribution in [0.15, 0.2) is 0 Å². The quantitative estimate of drug-likeness (QED) is 0.304. The van der Waals surface area contributed by atoms with Gasteiger partial charge in [-0.15, -0.1) is 0 Å². The number of ether oxygens (including phenoxy) is 5. The van der Waals surface area contributed by atoms with E-state index in [1.807, 2.05) is 0 Å². The smallest absolute Gasteiger partial charge is 0.229 e. The predicted octanol–water partition coefficient (Wildman–Crippen LogP) is -0.152. The van der Waals surface area contributed by atoms with E-state index >= 15 is 0 Å². The molecule has 0 aliphatic carbocycles. The topological polar surface area (TPSA) is 83.5 Å². The minimum atomic E-state index is -0.113. The fourth-order valence-corrected chi connectivity index (χ4v) is 1.93. The number of rotatable bonds is 15. The van der Waals surface area contributed by atoms with E-state index in [2.05, 4.69) is 0 Å². The lowest BCUT2D eigenvalue weighted by Gasteiger charge is -2.13. The molecule has 134 valence electrons. The predicted molar refractivity (Wildman–Crippen MR) is 81.1 cm³/mol. The summed E-state index contributed by atoms with van der Waals surface area (Å²) in [6, 6.07) is 0. The number of carbonyl (C=O) groups is 2. The summed E-state index contributed by atoms with van der Waals surface area (Å²) in [6.45, 7) is 4.77. The molecule has 0 aromatic heterocycles. The highest BCUT2D eigenvalue weighted by Gasteiger charge is 2.27. The number of likely N-dealkylation sites (tertiary alicyclic amines) is 1. The lowest BCUT2D eigenvalue weighted by atomic mass is 10.4. The summed E-state index contributed by atoms with van der Waals surface area (Å²) in [5.41, 5.74) is 0. The molecule has 1 aliphatic heterocycles. The lowest BCUT2D eigenvalue weighted by molar-refractivity contribution is -0.139. The molecule has 8 heteroatoms. The first-order valence-electron chi connectivity index (χ1n) is 7.89. The molecule has 0 aromatic carbocycles. The van der Waals surface area contributed by atoms with Crippen LogP contribution in [-0.2, 0) is 33.3 Å². The van der Waals surface area contributed by atoms with Gasteiger partial charge in [-0.05, 0) is 0 Å². The van der Waals surface area contributed by atoms with Gasteiger partial charge < -0.3 is 23.7 Å². The third kappa shape index (κ3) is 9.62. The molecule has 0 unspecified atom stereocenters. The zero-order chi connectivity index (χ0) is 16.8. The zero-order valence-corrected chi connectivity index (χ0v) is 13.8. The summed E-state index contributed by atoms with van der Waals surface area (Å²) in [5, 5.41) is 0. The van der Waals surface area contributed by atoms with Gasteiger partial charge in [0.25, 0.3) is 0 Å². The van der Waals surface area contributed by atoms with Crippen molar-refractivity contribution in [2.24, 2.45) is 0 Å². The number of hydrogen-bond donors (Lipinski definition) is 0. The third-order valence-corrected chi connectivity index (χ3v) is 3.16. The van der Waals surface area contributed by atoms with Crippen LogP contribution >= 0.6 is 0 Å². The van der Waals surface area contributed by atoms with Gasteiger partial charge in [0.1, 0.15) is 0 Å². The maximum atomic E-state index is 11.3. The second-order valence-corrected chi connectivity index (χ2v) is 4.88. The van der Waals surface area contributed by atoms with Gasteiger partial charge >= 0.3 is 0 Å². The summed E-state index contributed by atoms with van der Waals surface area (Å²) in [4.78, 5) is 23.9. The van der Waals surface area contributed by atoms with Crippen molar-refractivity contribution in [2.75, 3.05) is 73.1 Å². The highest BCUT2D eigenvalue weighted by atomic mass is 16.6. The molecule has 0 radical (unpaired) electrons. The SMILES string of the molecule is COCCOCCOCCOCCOCCN1C(=O)CCC1=O. The van der Waals surface area contributed by atoms with Gasteiger partial charge in [-0.3, -0.25) is 14.5 Å². The molecule has 23 heavy (non-hydrogen) atoms. The minimum absolute atomic E-state index is 0.113. The van der Waals surface area contributed by atoms with Crippen LogP contribution in [0.5, 0.6) is 0 Å². The van der Waals surface area contributed by atoms with E-state index in [4.69, 9.17) is 23.7 Å². The van der Waals surface area contributed by atoms with E-state index in [0.717, 1.165) is 0 Å². The molecule has 1 heterocycles. The normalized spacial score (nSPS) is 14.9. The van der Waals surface area contributed by atoms with Crippen molar-refractivity contribution in [3.63, 3.8) is 0 Å². The second kappa shape index (κ2) is 13.4. The second-order valence-electron chi connectivity index (χ2n) is 4.88. The molecule has 0 spiro atoms. The van der Waals surface area contributed by atoms with E-state index in [9.17, 15) is 9.59 Å². The minimum Gasteiger partial charge on any atom is -0.382 e. The van der Waals surface area contributed by atoms with Gasteiger partial charge in [-0.25, -0.2) is 0 Å². The number of methoxy groups -OCH3 is 1. The standard InChI is InChI=1S/C15H27NO7/c1-19-6-7-21-10-11-23-13-12-22-9-8-20-5-4-16-14(17)2-3-15(16)18/h2-13H2,1H3. The maximum absolute atomic E-state index is 11.3. The molecule has 1 rings (SSSR count). The van der Waals surface area contributed by atoms with E-state index in [-0.39, 0.29) is 11.8 Å². The molecule has 8 nitrogen and oxygen atoms in total. The summed E-state index contributed by atoms with van der Waals surface area (Å²) in [7, 11) is 1.63. The Morgan fingerprint density at radius 3 is 1.52 bits per heavy atom. The zero-order valence-electron chi connectivity index (χ0n) is 13.8. The highest BCUT2D eigenvalue weighted by molar-refractivity contribution is 6.01. The summed E-state index contributed by atoms with van der Waals surface area (Å²) >= 11 is 0. The van der Waals surface area contributed by atoms with Gasteiger partial charge in [0.2, 0.25) is 11.8 Å². The first-order chi connectivity index (χ1) is 11.3. The Balaban J connectivity index is 1.76. The van der Waals surface area contributed by atoms with Gasteiger partial charge in [0.05, 0.1) is 66.0 Å². The van der Waals surface area contributed by atoms with Crippen LogP contribution in [0.25, 0.3) is 0 Å². The van der Waals surface area contributed by atoms with Gasteiger partial charge in [-0.1, -0.05) is 0 Å². The number of carbonyl (C=O) groups excluding carboxylic acids is 2. The fraction of sp³-hybridized carbons (Fsp3) is 0.867. The molecule has 1 fully saturated rings. The average molecular weight is 333 g/mol. The largest absolute Gasteiger partial charge is 0.382 e. The number of hydrogen-bond acceptors (Lipinski definition) is 7. The van der Waals surface area contributed by atoms with Crippen molar-refractivity contribution in [1.82, 2.24) is 4.90 Å². The van der Waals surface area contributed by atoms with Gasteiger partial charge in [0.15, 0.2) is 0 Å². The third-order valence-electron chi connectivity index (χ3n) is 3.16. The molecule has 0 saturated carbocycles. The lowest BCUT2D eigenvalue weighted by Crippen LogP contribution is -2.32. The molecule has 2 amide bonds. The summed E-state index contributed by atoms with van der Waals surface area (Å²) < 4.78 is 26.1. The summed E-state index contributed by atoms with van der Waals surface area (Å²) in [6.07, 6.45) is 0.638. The molecule has 0 atom stereocenters. The Labute approximate surface area is 136 Å². The van der Waals surface area contributed by atoms with Crippen molar-refractivity contribution in [3.8, 4) is 0 Å². The van der Waals surface area contributed by atoms with Crippen LogP contribution < -0.4 is 0 Å². The Kier molecular flexibility index (Phi) is 11.6. The molecule has 1 aliphatic rings. The van der Waals surface area contributed by atoms with Crippen LogP contribution in [0.3, 0.4) is 0 Å².